The lowest BCUT2D eigenvalue weighted by Crippen LogP contribution is -2.55. The minimum Gasteiger partial charge on any atom is -0.481 e. The highest BCUT2D eigenvalue weighted by Crippen LogP contribution is 2.25. The number of carboxylic acids is 1. The molecule has 0 radical (unpaired) electrons. The van der Waals surface area contributed by atoms with Crippen LogP contribution >= 0.6 is 11.8 Å². The van der Waals surface area contributed by atoms with Crippen molar-refractivity contribution in [3.63, 3.8) is 0 Å². The lowest BCUT2D eigenvalue weighted by molar-refractivity contribution is -0.918. The SMILES string of the molecule is CCCSCC[N+](CCCCCCN1CCCC[C@@H]1C(=O)Nc1c(C)cccc1C)(CCCCC(=O)O)CC(=O)Nc1c(C)cccc1C. The number of carbonyl (C=O) groups excluding carboxylic acids is 2. The number of hydrogen-bond acceptors (Lipinski definition) is 5. The van der Waals surface area contributed by atoms with Crippen molar-refractivity contribution in [1.82, 2.24) is 4.90 Å². The van der Waals surface area contributed by atoms with Gasteiger partial charge in [-0.2, -0.15) is 11.8 Å². The highest BCUT2D eigenvalue weighted by molar-refractivity contribution is 7.99. The van der Waals surface area contributed by atoms with E-state index < -0.39 is 5.97 Å². The maximum absolute atomic E-state index is 13.6. The van der Waals surface area contributed by atoms with E-state index >= 15 is 0 Å². The smallest absolute Gasteiger partial charge is 0.303 e. The summed E-state index contributed by atoms with van der Waals surface area (Å²) in [5.74, 6) is 1.48. The van der Waals surface area contributed by atoms with Crippen molar-refractivity contribution in [2.45, 2.75) is 111 Å². The van der Waals surface area contributed by atoms with Crippen LogP contribution in [0.25, 0.3) is 0 Å². The summed E-state index contributed by atoms with van der Waals surface area (Å²) in [6, 6.07) is 12.1. The molecule has 2 atom stereocenters. The molecular formula is C40H63N4O4S+. The van der Waals surface area contributed by atoms with Crippen LogP contribution in [0.4, 0.5) is 11.4 Å². The number of unbranched alkanes of at least 4 members (excludes halogenated alkanes) is 4. The third-order valence-corrected chi connectivity index (χ3v) is 11.2. The fraction of sp³-hybridized carbons (Fsp3) is 0.625. The fourth-order valence-corrected chi connectivity index (χ4v) is 8.19. The Hall–Kier alpha value is -2.88. The highest BCUT2D eigenvalue weighted by Gasteiger charge is 2.31. The summed E-state index contributed by atoms with van der Waals surface area (Å²) < 4.78 is 0.694. The van der Waals surface area contributed by atoms with Gasteiger partial charge in [-0.15, -0.1) is 0 Å². The van der Waals surface area contributed by atoms with Gasteiger partial charge in [0.15, 0.2) is 6.54 Å². The minimum absolute atomic E-state index is 0.0337. The summed E-state index contributed by atoms with van der Waals surface area (Å²) >= 11 is 1.95. The van der Waals surface area contributed by atoms with Crippen molar-refractivity contribution < 1.29 is 24.0 Å². The molecule has 2 amide bonds. The maximum atomic E-state index is 13.6. The number of anilines is 2. The number of amides is 2. The zero-order valence-electron chi connectivity index (χ0n) is 31.0. The van der Waals surface area contributed by atoms with Gasteiger partial charge in [0.1, 0.15) is 0 Å². The zero-order valence-corrected chi connectivity index (χ0v) is 31.8. The molecule has 0 aromatic heterocycles. The number of quaternary nitrogens is 1. The number of aliphatic carboxylic acids is 1. The minimum atomic E-state index is -0.761. The lowest BCUT2D eigenvalue weighted by Gasteiger charge is -2.38. The molecule has 0 aliphatic carbocycles. The number of hydrogen-bond donors (Lipinski definition) is 3. The van der Waals surface area contributed by atoms with Crippen LogP contribution in [0.1, 0.15) is 99.8 Å². The number of benzene rings is 2. The van der Waals surface area contributed by atoms with Gasteiger partial charge >= 0.3 is 5.97 Å². The molecule has 9 heteroatoms. The van der Waals surface area contributed by atoms with Gasteiger partial charge in [0.2, 0.25) is 5.91 Å². The Labute approximate surface area is 300 Å². The molecule has 1 fully saturated rings. The van der Waals surface area contributed by atoms with Crippen LogP contribution in [0.3, 0.4) is 0 Å². The van der Waals surface area contributed by atoms with Crippen LogP contribution in [-0.4, -0.2) is 89.1 Å². The van der Waals surface area contributed by atoms with Crippen LogP contribution < -0.4 is 10.6 Å². The number of para-hydroxylation sites is 2. The van der Waals surface area contributed by atoms with Gasteiger partial charge in [0, 0.05) is 23.5 Å². The molecule has 1 unspecified atom stereocenters. The molecular weight excluding hydrogens is 633 g/mol. The average Bonchev–Trinajstić information content (AvgIpc) is 3.06. The van der Waals surface area contributed by atoms with E-state index in [-0.39, 0.29) is 24.3 Å². The van der Waals surface area contributed by atoms with E-state index in [9.17, 15) is 19.5 Å². The lowest BCUT2D eigenvalue weighted by atomic mass is 10.00. The van der Waals surface area contributed by atoms with Crippen LogP contribution in [0.5, 0.6) is 0 Å². The number of aryl methyl sites for hydroxylation is 4. The van der Waals surface area contributed by atoms with Crippen molar-refractivity contribution in [2.75, 3.05) is 61.4 Å². The summed E-state index contributed by atoms with van der Waals surface area (Å²) in [4.78, 5) is 40.7. The number of rotatable bonds is 22. The molecule has 0 saturated carbocycles. The normalized spacial score (nSPS) is 16.2. The zero-order chi connectivity index (χ0) is 35.6. The van der Waals surface area contributed by atoms with E-state index in [1.54, 1.807) is 0 Å². The number of carboxylic acid groups (broad SMARTS) is 1. The number of thioether (sulfide) groups is 1. The molecule has 49 heavy (non-hydrogen) atoms. The topological polar surface area (TPSA) is 98.7 Å². The number of nitrogens with one attached hydrogen (secondary N) is 2. The first kappa shape index (κ1) is 40.5. The van der Waals surface area contributed by atoms with E-state index in [1.165, 1.54) is 0 Å². The number of nitrogens with zero attached hydrogens (tertiary/aromatic N) is 2. The van der Waals surface area contributed by atoms with E-state index in [4.69, 9.17) is 0 Å². The largest absolute Gasteiger partial charge is 0.481 e. The number of likely N-dealkylation sites (tertiary alicyclic amines) is 1. The van der Waals surface area contributed by atoms with E-state index in [2.05, 4.69) is 22.5 Å². The van der Waals surface area contributed by atoms with E-state index in [0.29, 0.717) is 17.4 Å². The molecule has 3 rings (SSSR count). The van der Waals surface area contributed by atoms with E-state index in [1.807, 2.05) is 75.9 Å². The second kappa shape index (κ2) is 21.4. The fourth-order valence-electron chi connectivity index (χ4n) is 7.19. The van der Waals surface area contributed by atoms with Gasteiger partial charge in [-0.1, -0.05) is 56.2 Å². The maximum Gasteiger partial charge on any atom is 0.303 e. The Balaban J connectivity index is 1.60. The third-order valence-electron chi connectivity index (χ3n) is 10.0. The Bertz CT molecular complexity index is 1310. The Kier molecular flexibility index (Phi) is 17.7. The van der Waals surface area contributed by atoms with Crippen molar-refractivity contribution in [3.05, 3.63) is 58.7 Å². The molecule has 1 aliphatic heterocycles. The molecule has 3 N–H and O–H groups in total. The second-order valence-corrected chi connectivity index (χ2v) is 15.4. The predicted molar refractivity (Wildman–Crippen MR) is 206 cm³/mol. The summed E-state index contributed by atoms with van der Waals surface area (Å²) in [7, 11) is 0. The summed E-state index contributed by atoms with van der Waals surface area (Å²) in [6.45, 7) is 15.3. The van der Waals surface area contributed by atoms with Crippen molar-refractivity contribution in [2.24, 2.45) is 0 Å². The van der Waals surface area contributed by atoms with Crippen molar-refractivity contribution in [3.8, 4) is 0 Å². The Morgan fingerprint density at radius 1 is 0.796 bits per heavy atom. The first-order valence-corrected chi connectivity index (χ1v) is 19.8. The standard InChI is InChI=1S/C40H62N4O4S/c1-6-28-49-29-27-44(26-14-10-22-37(46)47,30-36(45)41-38-31(2)17-15-18-32(38)3)25-13-8-7-11-23-43-24-12-9-21-35(43)40(48)42-39-33(4)19-16-20-34(39)5/h15-20,35H,6-14,21-30H2,1-5H3,(H2-,41,42,45,46,47,48)/p+1/t35-,44?/m1/s1. The highest BCUT2D eigenvalue weighted by atomic mass is 32.2. The van der Waals surface area contributed by atoms with Crippen molar-refractivity contribution >= 4 is 40.9 Å². The monoisotopic (exact) mass is 695 g/mol. The molecule has 0 bridgehead atoms. The summed E-state index contributed by atoms with van der Waals surface area (Å²) in [5, 5.41) is 15.7. The Morgan fingerprint density at radius 2 is 1.39 bits per heavy atom. The van der Waals surface area contributed by atoms with Gasteiger partial charge < -0.3 is 20.2 Å². The van der Waals surface area contributed by atoms with Crippen LogP contribution in [0.2, 0.25) is 0 Å². The predicted octanol–water partition coefficient (Wildman–Crippen LogP) is 8.13. The first-order valence-electron chi connectivity index (χ1n) is 18.7. The molecule has 1 heterocycles. The van der Waals surface area contributed by atoms with Gasteiger partial charge in [0.25, 0.3) is 5.91 Å². The molecule has 0 spiro atoms. The van der Waals surface area contributed by atoms with Crippen LogP contribution in [-0.2, 0) is 14.4 Å². The van der Waals surface area contributed by atoms with Crippen molar-refractivity contribution in [1.29, 1.82) is 0 Å². The van der Waals surface area contributed by atoms with Gasteiger partial charge in [-0.25, -0.2) is 0 Å². The molecule has 1 aliphatic rings. The van der Waals surface area contributed by atoms with Crippen LogP contribution in [0, 0.1) is 27.7 Å². The molecule has 272 valence electrons. The van der Waals surface area contributed by atoms with Gasteiger partial charge in [-0.3, -0.25) is 19.3 Å². The quantitative estimate of drug-likeness (QED) is 0.0850. The second-order valence-electron chi connectivity index (χ2n) is 14.2. The van der Waals surface area contributed by atoms with Crippen LogP contribution in [0.15, 0.2) is 36.4 Å². The Morgan fingerprint density at radius 3 is 2.00 bits per heavy atom. The number of carbonyl (C=O) groups is 3. The first-order chi connectivity index (χ1) is 23.5. The molecule has 2 aromatic carbocycles. The van der Waals surface area contributed by atoms with Gasteiger partial charge in [-0.05, 0) is 120 Å². The molecule has 1 saturated heterocycles. The molecule has 8 nitrogen and oxygen atoms in total. The summed E-state index contributed by atoms with van der Waals surface area (Å²) in [5.41, 5.74) is 6.15. The van der Waals surface area contributed by atoms with E-state index in [0.717, 1.165) is 136 Å². The average molecular weight is 696 g/mol. The number of piperidine rings is 1. The molecule has 2 aromatic rings. The third kappa shape index (κ3) is 13.7. The van der Waals surface area contributed by atoms with Gasteiger partial charge in [0.05, 0.1) is 25.7 Å². The summed E-state index contributed by atoms with van der Waals surface area (Å²) in [6.07, 6.45) is 10.1.